The van der Waals surface area contributed by atoms with Crippen LogP contribution in [0.15, 0.2) is 0 Å². The Balaban J connectivity index is 2.74. The first-order valence-electron chi connectivity index (χ1n) is 9.05. The quantitative estimate of drug-likeness (QED) is 0.671. The fourth-order valence-corrected chi connectivity index (χ4v) is 2.23. The van der Waals surface area contributed by atoms with E-state index in [0.717, 1.165) is 6.42 Å². The molecule has 0 aromatic heterocycles. The van der Waals surface area contributed by atoms with E-state index in [2.05, 4.69) is 55.4 Å². The Hall–Kier alpha value is -0.200. The molecule has 1 saturated heterocycles. The van der Waals surface area contributed by atoms with Crippen LogP contribution >= 0.6 is 0 Å². The number of rotatable bonds is 0. The van der Waals surface area contributed by atoms with Gasteiger partial charge in [0.25, 0.3) is 0 Å². The van der Waals surface area contributed by atoms with Gasteiger partial charge in [-0.25, -0.2) is 0 Å². The topological polar surface area (TPSA) is 46.2 Å². The normalized spacial score (nSPS) is 29.0. The van der Waals surface area contributed by atoms with Gasteiger partial charge in [-0.3, -0.25) is 0 Å². The zero-order valence-corrected chi connectivity index (χ0v) is 17.0. The Kier molecular flexibility index (Phi) is 7.69. The lowest BCUT2D eigenvalue weighted by Gasteiger charge is -2.43. The van der Waals surface area contributed by atoms with Crippen LogP contribution in [0.5, 0.6) is 0 Å². The van der Waals surface area contributed by atoms with E-state index < -0.39 is 16.8 Å². The molecule has 0 N–H and O–H groups in total. The van der Waals surface area contributed by atoms with Crippen molar-refractivity contribution < 1.29 is 23.7 Å². The van der Waals surface area contributed by atoms with E-state index in [1.165, 1.54) is 0 Å². The molecule has 0 saturated carbocycles. The van der Waals surface area contributed by atoms with Crippen molar-refractivity contribution in [3.8, 4) is 0 Å². The van der Waals surface area contributed by atoms with Crippen molar-refractivity contribution in [3.05, 3.63) is 0 Å². The van der Waals surface area contributed by atoms with Gasteiger partial charge in [0.2, 0.25) is 0 Å². The van der Waals surface area contributed by atoms with Crippen molar-refractivity contribution in [2.45, 2.75) is 84.2 Å². The second kappa shape index (κ2) is 8.45. The average molecular weight is 347 g/mol. The molecule has 0 radical (unpaired) electrons. The Labute approximate surface area is 148 Å². The number of hydrogen-bond donors (Lipinski definition) is 0. The predicted octanol–water partition coefficient (Wildman–Crippen LogP) is 3.59. The zero-order chi connectivity index (χ0) is 18.5. The van der Waals surface area contributed by atoms with E-state index in [0.29, 0.717) is 39.6 Å². The third kappa shape index (κ3) is 5.95. The van der Waals surface area contributed by atoms with Gasteiger partial charge in [0.05, 0.1) is 48.8 Å². The molecule has 0 bridgehead atoms. The molecule has 1 rings (SSSR count). The molecule has 24 heavy (non-hydrogen) atoms. The summed E-state index contributed by atoms with van der Waals surface area (Å²) < 4.78 is 29.8. The molecule has 5 nitrogen and oxygen atoms in total. The highest BCUT2D eigenvalue weighted by Crippen LogP contribution is 2.31. The van der Waals surface area contributed by atoms with E-state index in [1.807, 2.05) is 0 Å². The van der Waals surface area contributed by atoms with Crippen LogP contribution < -0.4 is 0 Å². The highest BCUT2D eigenvalue weighted by Gasteiger charge is 2.41. The van der Waals surface area contributed by atoms with E-state index in [9.17, 15) is 0 Å². The second-order valence-corrected chi connectivity index (χ2v) is 8.40. The first-order chi connectivity index (χ1) is 10.9. The minimum absolute atomic E-state index is 0.387. The molecule has 0 aliphatic carbocycles. The van der Waals surface area contributed by atoms with Crippen LogP contribution in [0.3, 0.4) is 0 Å². The first-order valence-corrected chi connectivity index (χ1v) is 9.05. The van der Waals surface area contributed by atoms with Gasteiger partial charge in [0.15, 0.2) is 0 Å². The minimum Gasteiger partial charge on any atom is -0.379 e. The summed E-state index contributed by atoms with van der Waals surface area (Å²) in [4.78, 5) is 0. The second-order valence-electron chi connectivity index (χ2n) is 8.40. The van der Waals surface area contributed by atoms with Crippen molar-refractivity contribution in [2.24, 2.45) is 0 Å². The summed E-state index contributed by atoms with van der Waals surface area (Å²) in [6.07, 6.45) is 0.859. The Morgan fingerprint density at radius 1 is 0.417 bits per heavy atom. The van der Waals surface area contributed by atoms with Gasteiger partial charge < -0.3 is 23.7 Å². The van der Waals surface area contributed by atoms with Crippen LogP contribution in [-0.2, 0) is 23.7 Å². The van der Waals surface area contributed by atoms with Gasteiger partial charge in [-0.05, 0) is 61.8 Å². The summed E-state index contributed by atoms with van der Waals surface area (Å²) >= 11 is 0. The van der Waals surface area contributed by atoms with Crippen molar-refractivity contribution in [2.75, 3.05) is 39.6 Å². The van der Waals surface area contributed by atoms with Crippen molar-refractivity contribution in [3.63, 3.8) is 0 Å². The van der Waals surface area contributed by atoms with Gasteiger partial charge in [0.1, 0.15) is 0 Å². The molecule has 1 aliphatic heterocycles. The van der Waals surface area contributed by atoms with E-state index >= 15 is 0 Å². The van der Waals surface area contributed by atoms with Gasteiger partial charge in [-0.15, -0.1) is 0 Å². The fourth-order valence-electron chi connectivity index (χ4n) is 2.23. The number of ether oxygens (including phenoxy) is 5. The van der Waals surface area contributed by atoms with Crippen molar-refractivity contribution >= 4 is 0 Å². The molecule has 0 spiro atoms. The molecule has 144 valence electrons. The standard InChI is InChI=1S/C19H38O5/c1-16(2)17(3,4)23-14-15-24-19(7,8)18(5,6)22-13-12-20-10-9-11-21-16/h9-15H2,1-8H3. The molecule has 1 fully saturated rings. The monoisotopic (exact) mass is 346 g/mol. The lowest BCUT2D eigenvalue weighted by Crippen LogP contribution is -2.52. The smallest absolute Gasteiger partial charge is 0.0910 e. The highest BCUT2D eigenvalue weighted by atomic mass is 16.6. The largest absolute Gasteiger partial charge is 0.379 e. The van der Waals surface area contributed by atoms with Crippen LogP contribution in [-0.4, -0.2) is 62.0 Å². The third-order valence-corrected chi connectivity index (χ3v) is 5.50. The minimum atomic E-state index is -0.427. The maximum Gasteiger partial charge on any atom is 0.0910 e. The van der Waals surface area contributed by atoms with Crippen LogP contribution in [0, 0.1) is 0 Å². The molecule has 0 atom stereocenters. The lowest BCUT2D eigenvalue weighted by molar-refractivity contribution is -0.211. The van der Waals surface area contributed by atoms with Gasteiger partial charge in [-0.2, -0.15) is 0 Å². The summed E-state index contributed by atoms with van der Waals surface area (Å²) in [5.41, 5.74) is -1.64. The molecular weight excluding hydrogens is 308 g/mol. The molecule has 1 aliphatic rings. The lowest BCUT2D eigenvalue weighted by atomic mass is 9.88. The number of hydrogen-bond acceptors (Lipinski definition) is 5. The van der Waals surface area contributed by atoms with Crippen molar-refractivity contribution in [1.29, 1.82) is 0 Å². The first kappa shape index (κ1) is 21.8. The Bertz CT molecular complexity index is 338. The van der Waals surface area contributed by atoms with Crippen LogP contribution in [0.4, 0.5) is 0 Å². The average Bonchev–Trinajstić information content (AvgIpc) is 2.45. The van der Waals surface area contributed by atoms with Crippen LogP contribution in [0.25, 0.3) is 0 Å². The van der Waals surface area contributed by atoms with Gasteiger partial charge in [0, 0.05) is 13.2 Å². The molecule has 0 aromatic rings. The predicted molar refractivity (Wildman–Crippen MR) is 95.6 cm³/mol. The van der Waals surface area contributed by atoms with E-state index in [-0.39, 0.29) is 5.60 Å². The maximum absolute atomic E-state index is 6.08. The maximum atomic E-state index is 6.08. The van der Waals surface area contributed by atoms with E-state index in [4.69, 9.17) is 23.7 Å². The molecular formula is C19H38O5. The molecule has 0 amide bonds. The van der Waals surface area contributed by atoms with Gasteiger partial charge in [-0.1, -0.05) is 0 Å². The van der Waals surface area contributed by atoms with Crippen LogP contribution in [0.2, 0.25) is 0 Å². The summed E-state index contributed by atoms with van der Waals surface area (Å²) in [5, 5.41) is 0. The Morgan fingerprint density at radius 2 is 0.750 bits per heavy atom. The summed E-state index contributed by atoms with van der Waals surface area (Å²) in [6.45, 7) is 19.9. The fraction of sp³-hybridized carbons (Fsp3) is 1.00. The molecule has 5 heteroatoms. The third-order valence-electron chi connectivity index (χ3n) is 5.50. The summed E-state index contributed by atoms with van der Waals surface area (Å²) in [6, 6.07) is 0. The summed E-state index contributed by atoms with van der Waals surface area (Å²) in [5.74, 6) is 0. The van der Waals surface area contributed by atoms with Crippen LogP contribution in [0.1, 0.15) is 61.8 Å². The van der Waals surface area contributed by atoms with Gasteiger partial charge >= 0.3 is 0 Å². The van der Waals surface area contributed by atoms with Crippen molar-refractivity contribution in [1.82, 2.24) is 0 Å². The highest BCUT2D eigenvalue weighted by molar-refractivity contribution is 4.91. The SMILES string of the molecule is CC1(C)OCCCOCCOC(C)(C)C(C)(C)OCCOC1(C)C. The zero-order valence-electron chi connectivity index (χ0n) is 17.0. The van der Waals surface area contributed by atoms with E-state index in [1.54, 1.807) is 0 Å². The molecule has 1 heterocycles. The molecule has 0 aromatic carbocycles. The summed E-state index contributed by atoms with van der Waals surface area (Å²) in [7, 11) is 0. The molecule has 0 unspecified atom stereocenters. The Morgan fingerprint density at radius 3 is 1.17 bits per heavy atom.